The van der Waals surface area contributed by atoms with Crippen LogP contribution in [0.1, 0.15) is 48.9 Å². The van der Waals surface area contributed by atoms with Gasteiger partial charge in [0.15, 0.2) is 0 Å². The van der Waals surface area contributed by atoms with Gasteiger partial charge in [0, 0.05) is 6.54 Å². The summed E-state index contributed by atoms with van der Waals surface area (Å²) >= 11 is 1.31. The summed E-state index contributed by atoms with van der Waals surface area (Å²) in [6.07, 6.45) is 5.98. The van der Waals surface area contributed by atoms with E-state index in [1.54, 1.807) is 11.4 Å². The van der Waals surface area contributed by atoms with Gasteiger partial charge in [-0.2, -0.15) is 0 Å². The molecule has 1 aliphatic carbocycles. The Hall–Kier alpha value is -1.40. The molecular weight excluding hydrogens is 274 g/mol. The monoisotopic (exact) mass is 295 g/mol. The van der Waals surface area contributed by atoms with Crippen LogP contribution in [0.25, 0.3) is 0 Å². The highest BCUT2D eigenvalue weighted by Crippen LogP contribution is 2.36. The lowest BCUT2D eigenvalue weighted by molar-refractivity contribution is -0.125. The second-order valence-electron chi connectivity index (χ2n) is 5.38. The largest absolute Gasteiger partial charge is 0.366 e. The van der Waals surface area contributed by atoms with Gasteiger partial charge in [-0.15, -0.1) is 11.3 Å². The van der Waals surface area contributed by atoms with Crippen LogP contribution in [0.4, 0.5) is 5.00 Å². The molecule has 0 aliphatic heterocycles. The molecule has 110 valence electrons. The number of carbonyl (C=O) groups excluding carboxylic acids is 2. The Kier molecular flexibility index (Phi) is 4.77. The van der Waals surface area contributed by atoms with Crippen molar-refractivity contribution in [2.24, 2.45) is 16.9 Å². The van der Waals surface area contributed by atoms with Crippen molar-refractivity contribution in [3.8, 4) is 0 Å². The fourth-order valence-corrected chi connectivity index (χ4v) is 3.55. The van der Waals surface area contributed by atoms with Crippen LogP contribution >= 0.6 is 11.3 Å². The van der Waals surface area contributed by atoms with Crippen LogP contribution in [-0.4, -0.2) is 18.4 Å². The van der Waals surface area contributed by atoms with Crippen LogP contribution in [0.15, 0.2) is 11.4 Å². The van der Waals surface area contributed by atoms with Gasteiger partial charge in [-0.1, -0.05) is 25.7 Å². The Morgan fingerprint density at radius 3 is 2.45 bits per heavy atom. The van der Waals surface area contributed by atoms with Crippen LogP contribution in [0.3, 0.4) is 0 Å². The number of rotatable bonds is 4. The minimum atomic E-state index is -0.524. The molecule has 1 fully saturated rings. The summed E-state index contributed by atoms with van der Waals surface area (Å²) in [5, 5.41) is 5.14. The molecule has 0 aromatic carbocycles. The molecule has 1 saturated carbocycles. The first-order valence-corrected chi connectivity index (χ1v) is 7.86. The van der Waals surface area contributed by atoms with Crippen LogP contribution < -0.4 is 16.8 Å². The van der Waals surface area contributed by atoms with Crippen molar-refractivity contribution in [1.82, 2.24) is 0 Å². The summed E-state index contributed by atoms with van der Waals surface area (Å²) in [6.45, 7) is 0.343. The minimum absolute atomic E-state index is 0.0770. The number of amides is 2. The zero-order valence-corrected chi connectivity index (χ0v) is 12.3. The molecule has 0 spiro atoms. The van der Waals surface area contributed by atoms with E-state index in [-0.39, 0.29) is 5.91 Å². The maximum absolute atomic E-state index is 12.6. The lowest BCUT2D eigenvalue weighted by Crippen LogP contribution is -2.42. The maximum Gasteiger partial charge on any atom is 0.251 e. The number of nitrogens with one attached hydrogen (secondary N) is 1. The van der Waals surface area contributed by atoms with Gasteiger partial charge < -0.3 is 16.8 Å². The van der Waals surface area contributed by atoms with Crippen molar-refractivity contribution in [1.29, 1.82) is 0 Å². The first kappa shape index (κ1) is 15.0. The molecule has 5 N–H and O–H groups in total. The molecule has 5 nitrogen and oxygen atoms in total. The predicted molar refractivity (Wildman–Crippen MR) is 80.7 cm³/mol. The molecule has 1 aromatic heterocycles. The molecule has 2 rings (SSSR count). The van der Waals surface area contributed by atoms with Crippen molar-refractivity contribution < 1.29 is 9.59 Å². The molecule has 1 heterocycles. The Morgan fingerprint density at radius 2 is 1.90 bits per heavy atom. The Labute approximate surface area is 122 Å². The molecule has 0 saturated heterocycles. The molecule has 0 bridgehead atoms. The van der Waals surface area contributed by atoms with Gasteiger partial charge in [-0.3, -0.25) is 9.59 Å². The lowest BCUT2D eigenvalue weighted by Gasteiger charge is -2.29. The third-order valence-electron chi connectivity index (χ3n) is 4.09. The highest BCUT2D eigenvalue weighted by Gasteiger charge is 2.37. The first-order chi connectivity index (χ1) is 9.59. The van der Waals surface area contributed by atoms with Crippen LogP contribution in [-0.2, 0) is 4.79 Å². The van der Waals surface area contributed by atoms with Crippen LogP contribution in [0, 0.1) is 5.41 Å². The highest BCUT2D eigenvalue weighted by molar-refractivity contribution is 7.14. The standard InChI is InChI=1S/C14H21N3O2S/c15-9-14(6-3-1-2-4-7-14)13(19)17-12-10(11(16)18)5-8-20-12/h5,8H,1-4,6-7,9,15H2,(H2,16,18)(H,17,19). The quantitative estimate of drug-likeness (QED) is 0.742. The molecule has 1 aromatic rings. The molecule has 1 aliphatic rings. The van der Waals surface area contributed by atoms with Gasteiger partial charge in [0.2, 0.25) is 5.91 Å². The SMILES string of the molecule is NCC1(C(=O)Nc2sccc2C(N)=O)CCCCCC1. The second kappa shape index (κ2) is 6.37. The number of hydrogen-bond donors (Lipinski definition) is 3. The van der Waals surface area contributed by atoms with E-state index in [4.69, 9.17) is 11.5 Å². The van der Waals surface area contributed by atoms with Crippen molar-refractivity contribution in [2.75, 3.05) is 11.9 Å². The maximum atomic E-state index is 12.6. The Balaban J connectivity index is 2.16. The smallest absolute Gasteiger partial charge is 0.251 e. The number of thiophene rings is 1. The lowest BCUT2D eigenvalue weighted by atomic mass is 9.79. The van der Waals surface area contributed by atoms with Gasteiger partial charge in [0.25, 0.3) is 5.91 Å². The van der Waals surface area contributed by atoms with Crippen LogP contribution in [0.2, 0.25) is 0 Å². The zero-order valence-electron chi connectivity index (χ0n) is 11.5. The van der Waals surface area contributed by atoms with Crippen molar-refractivity contribution in [2.45, 2.75) is 38.5 Å². The van der Waals surface area contributed by atoms with E-state index < -0.39 is 11.3 Å². The highest BCUT2D eigenvalue weighted by atomic mass is 32.1. The third kappa shape index (κ3) is 3.02. The summed E-state index contributed by atoms with van der Waals surface area (Å²) in [5.74, 6) is -0.601. The van der Waals surface area contributed by atoms with Gasteiger partial charge in [0.05, 0.1) is 11.0 Å². The molecule has 20 heavy (non-hydrogen) atoms. The van der Waals surface area contributed by atoms with E-state index in [0.29, 0.717) is 17.1 Å². The Morgan fingerprint density at radius 1 is 1.25 bits per heavy atom. The molecule has 6 heteroatoms. The first-order valence-electron chi connectivity index (χ1n) is 6.98. The molecule has 2 amide bonds. The number of hydrogen-bond acceptors (Lipinski definition) is 4. The predicted octanol–water partition coefficient (Wildman–Crippen LogP) is 2.08. The third-order valence-corrected chi connectivity index (χ3v) is 4.92. The van der Waals surface area contributed by atoms with Gasteiger partial charge >= 0.3 is 0 Å². The van der Waals surface area contributed by atoms with Gasteiger partial charge in [0.1, 0.15) is 5.00 Å². The number of carbonyl (C=O) groups is 2. The number of nitrogens with two attached hydrogens (primary N) is 2. The molecule has 0 unspecified atom stereocenters. The fourth-order valence-electron chi connectivity index (χ4n) is 2.77. The van der Waals surface area contributed by atoms with E-state index in [1.165, 1.54) is 11.3 Å². The van der Waals surface area contributed by atoms with Crippen molar-refractivity contribution in [3.05, 3.63) is 17.0 Å². The van der Waals surface area contributed by atoms with E-state index in [2.05, 4.69) is 5.32 Å². The van der Waals surface area contributed by atoms with E-state index in [1.807, 2.05) is 0 Å². The summed E-state index contributed by atoms with van der Waals surface area (Å²) < 4.78 is 0. The van der Waals surface area contributed by atoms with E-state index in [0.717, 1.165) is 38.5 Å². The fraction of sp³-hybridized carbons (Fsp3) is 0.571. The normalized spacial score (nSPS) is 18.2. The summed E-state index contributed by atoms with van der Waals surface area (Å²) in [6, 6.07) is 1.63. The Bertz CT molecular complexity index is 490. The number of primary amides is 1. The average Bonchev–Trinajstić information content (AvgIpc) is 2.75. The van der Waals surface area contributed by atoms with Gasteiger partial charge in [-0.25, -0.2) is 0 Å². The average molecular weight is 295 g/mol. The number of anilines is 1. The van der Waals surface area contributed by atoms with Crippen molar-refractivity contribution in [3.63, 3.8) is 0 Å². The summed E-state index contributed by atoms with van der Waals surface area (Å²) in [4.78, 5) is 23.9. The van der Waals surface area contributed by atoms with E-state index >= 15 is 0 Å². The molecule has 0 atom stereocenters. The summed E-state index contributed by atoms with van der Waals surface area (Å²) in [5.41, 5.74) is 11.0. The molecule has 0 radical (unpaired) electrons. The minimum Gasteiger partial charge on any atom is -0.366 e. The van der Waals surface area contributed by atoms with Crippen molar-refractivity contribution >= 4 is 28.2 Å². The van der Waals surface area contributed by atoms with E-state index in [9.17, 15) is 9.59 Å². The van der Waals surface area contributed by atoms with Gasteiger partial charge in [-0.05, 0) is 24.3 Å². The second-order valence-corrected chi connectivity index (χ2v) is 6.30. The zero-order chi connectivity index (χ0) is 14.6. The summed E-state index contributed by atoms with van der Waals surface area (Å²) in [7, 11) is 0. The molecular formula is C14H21N3O2S. The topological polar surface area (TPSA) is 98.2 Å². The van der Waals surface area contributed by atoms with Crippen LogP contribution in [0.5, 0.6) is 0 Å².